The maximum atomic E-state index is 12.6. The van der Waals surface area contributed by atoms with Crippen molar-refractivity contribution in [1.29, 1.82) is 0 Å². The summed E-state index contributed by atoms with van der Waals surface area (Å²) in [4.78, 5) is 39.0. The molecule has 0 saturated heterocycles. The monoisotopic (exact) mass is 428 g/mol. The lowest BCUT2D eigenvalue weighted by Crippen LogP contribution is -2.40. The van der Waals surface area contributed by atoms with Crippen LogP contribution in [0, 0.1) is 6.92 Å². The number of para-hydroxylation sites is 1. The number of nitrogens with zero attached hydrogens (tertiary/aromatic N) is 1. The smallest absolute Gasteiger partial charge is 0.346 e. The van der Waals surface area contributed by atoms with Crippen molar-refractivity contribution >= 4 is 23.5 Å². The first kappa shape index (κ1) is 23.7. The van der Waals surface area contributed by atoms with Crippen LogP contribution in [0.5, 0.6) is 11.5 Å². The van der Waals surface area contributed by atoms with Crippen LogP contribution in [0.2, 0.25) is 0 Å². The molecule has 0 spiro atoms. The summed E-state index contributed by atoms with van der Waals surface area (Å²) in [5, 5.41) is 2.80. The van der Waals surface area contributed by atoms with Gasteiger partial charge in [0.1, 0.15) is 17.1 Å². The fraction of sp³-hybridized carbons (Fsp3) is 0.348. The van der Waals surface area contributed by atoms with Crippen LogP contribution in [0.4, 0.5) is 5.69 Å². The van der Waals surface area contributed by atoms with Crippen molar-refractivity contribution in [2.45, 2.75) is 20.3 Å². The molecule has 8 nitrogen and oxygen atoms in total. The number of nitrogens with one attached hydrogen (secondary N) is 1. The lowest BCUT2D eigenvalue weighted by atomic mass is 10.2. The lowest BCUT2D eigenvalue weighted by Gasteiger charge is -2.22. The van der Waals surface area contributed by atoms with Gasteiger partial charge in [-0.1, -0.05) is 31.2 Å². The molecule has 0 bridgehead atoms. The largest absolute Gasteiger partial charge is 0.496 e. The molecule has 1 N–H and O–H groups in total. The number of aryl methyl sites for hydroxylation is 1. The quantitative estimate of drug-likeness (QED) is 0.585. The molecule has 0 aliphatic heterocycles. The molecule has 2 amide bonds. The van der Waals surface area contributed by atoms with Crippen molar-refractivity contribution in [1.82, 2.24) is 4.90 Å². The van der Waals surface area contributed by atoms with Gasteiger partial charge in [-0.2, -0.15) is 0 Å². The number of carbonyl (C=O) groups is 3. The minimum absolute atomic E-state index is 0.0969. The third-order valence-electron chi connectivity index (χ3n) is 4.56. The maximum Gasteiger partial charge on any atom is 0.346 e. The van der Waals surface area contributed by atoms with Gasteiger partial charge in [-0.05, 0) is 37.1 Å². The van der Waals surface area contributed by atoms with Gasteiger partial charge in [-0.15, -0.1) is 0 Å². The van der Waals surface area contributed by atoms with E-state index in [9.17, 15) is 14.4 Å². The molecule has 0 aliphatic carbocycles. The summed E-state index contributed by atoms with van der Waals surface area (Å²) >= 11 is 0. The van der Waals surface area contributed by atoms with Crippen molar-refractivity contribution in [2.24, 2.45) is 0 Å². The molecule has 0 fully saturated rings. The Morgan fingerprint density at radius 3 is 2.19 bits per heavy atom. The summed E-state index contributed by atoms with van der Waals surface area (Å²) in [6, 6.07) is 12.3. The Morgan fingerprint density at radius 2 is 1.61 bits per heavy atom. The molecule has 0 heterocycles. The molecule has 0 aliphatic rings. The zero-order valence-corrected chi connectivity index (χ0v) is 18.3. The number of carbonyl (C=O) groups excluding carboxylic acids is 3. The first-order valence-electron chi connectivity index (χ1n) is 9.92. The molecule has 166 valence electrons. The number of hydrogen-bond donors (Lipinski definition) is 1. The van der Waals surface area contributed by atoms with Crippen LogP contribution >= 0.6 is 0 Å². The van der Waals surface area contributed by atoms with Crippen molar-refractivity contribution in [2.75, 3.05) is 39.2 Å². The van der Waals surface area contributed by atoms with E-state index in [1.54, 1.807) is 24.3 Å². The number of rotatable bonds is 10. The zero-order valence-electron chi connectivity index (χ0n) is 18.3. The van der Waals surface area contributed by atoms with E-state index in [-0.39, 0.29) is 29.5 Å². The van der Waals surface area contributed by atoms with Crippen LogP contribution in [-0.4, -0.2) is 56.6 Å². The Balaban J connectivity index is 2.02. The van der Waals surface area contributed by atoms with Crippen molar-refractivity contribution in [3.63, 3.8) is 0 Å². The van der Waals surface area contributed by atoms with E-state index < -0.39 is 18.5 Å². The number of amides is 2. The third-order valence-corrected chi connectivity index (χ3v) is 4.56. The van der Waals surface area contributed by atoms with Gasteiger partial charge in [0.15, 0.2) is 6.61 Å². The fourth-order valence-corrected chi connectivity index (χ4v) is 2.98. The second-order valence-electron chi connectivity index (χ2n) is 6.79. The Morgan fingerprint density at radius 1 is 0.968 bits per heavy atom. The van der Waals surface area contributed by atoms with Crippen LogP contribution in [0.3, 0.4) is 0 Å². The molecule has 31 heavy (non-hydrogen) atoms. The highest BCUT2D eigenvalue weighted by atomic mass is 16.5. The van der Waals surface area contributed by atoms with E-state index >= 15 is 0 Å². The summed E-state index contributed by atoms with van der Waals surface area (Å²) in [7, 11) is 2.85. The standard InChI is InChI=1S/C23H28N2O6/c1-5-13-25(14-20(26)24-17-10-7-6-9-16(17)2)21(27)15-31-23(28)22-18(29-3)11-8-12-19(22)30-4/h6-12H,5,13-15H2,1-4H3,(H,24,26). The highest BCUT2D eigenvalue weighted by molar-refractivity contribution is 5.98. The lowest BCUT2D eigenvalue weighted by molar-refractivity contribution is -0.137. The number of methoxy groups -OCH3 is 2. The molecular formula is C23H28N2O6. The Hall–Kier alpha value is -3.55. The average Bonchev–Trinajstić information content (AvgIpc) is 2.77. The van der Waals surface area contributed by atoms with Crippen LogP contribution < -0.4 is 14.8 Å². The Kier molecular flexibility index (Phi) is 8.87. The number of hydrogen-bond acceptors (Lipinski definition) is 6. The number of benzene rings is 2. The molecule has 0 radical (unpaired) electrons. The van der Waals surface area contributed by atoms with E-state index in [1.807, 2.05) is 32.0 Å². The molecule has 0 aromatic heterocycles. The van der Waals surface area contributed by atoms with E-state index in [2.05, 4.69) is 5.32 Å². The average molecular weight is 428 g/mol. The van der Waals surface area contributed by atoms with Gasteiger partial charge >= 0.3 is 5.97 Å². The zero-order chi connectivity index (χ0) is 22.8. The topological polar surface area (TPSA) is 94.2 Å². The van der Waals surface area contributed by atoms with Gasteiger partial charge in [0, 0.05) is 12.2 Å². The highest BCUT2D eigenvalue weighted by Gasteiger charge is 2.23. The third kappa shape index (κ3) is 6.47. The van der Waals surface area contributed by atoms with Gasteiger partial charge < -0.3 is 24.4 Å². The summed E-state index contributed by atoms with van der Waals surface area (Å²) in [6.07, 6.45) is 0.650. The first-order chi connectivity index (χ1) is 14.9. The Labute approximate surface area is 182 Å². The minimum Gasteiger partial charge on any atom is -0.496 e. The van der Waals surface area contributed by atoms with Crippen molar-refractivity contribution in [3.8, 4) is 11.5 Å². The van der Waals surface area contributed by atoms with Gasteiger partial charge in [0.25, 0.3) is 5.91 Å². The minimum atomic E-state index is -0.747. The van der Waals surface area contributed by atoms with Crippen molar-refractivity contribution < 1.29 is 28.6 Å². The SMILES string of the molecule is CCCN(CC(=O)Nc1ccccc1C)C(=O)COC(=O)c1c(OC)cccc1OC. The van der Waals surface area contributed by atoms with Crippen LogP contribution in [0.1, 0.15) is 29.3 Å². The predicted molar refractivity (Wildman–Crippen MR) is 117 cm³/mol. The number of esters is 1. The first-order valence-corrected chi connectivity index (χ1v) is 9.92. The second-order valence-corrected chi connectivity index (χ2v) is 6.79. The van der Waals surface area contributed by atoms with Crippen LogP contribution in [-0.2, 0) is 14.3 Å². The highest BCUT2D eigenvalue weighted by Crippen LogP contribution is 2.28. The maximum absolute atomic E-state index is 12.6. The summed E-state index contributed by atoms with van der Waals surface area (Å²) < 4.78 is 15.6. The van der Waals surface area contributed by atoms with Crippen LogP contribution in [0.25, 0.3) is 0 Å². The molecule has 8 heteroatoms. The normalized spacial score (nSPS) is 10.2. The molecule has 0 unspecified atom stereocenters. The summed E-state index contributed by atoms with van der Waals surface area (Å²) in [5.74, 6) is -0.985. The molecule has 2 aromatic carbocycles. The van der Waals surface area contributed by atoms with E-state index in [4.69, 9.17) is 14.2 Å². The Bertz CT molecular complexity index is 906. The number of ether oxygens (including phenoxy) is 3. The second kappa shape index (κ2) is 11.6. The summed E-state index contributed by atoms with van der Waals surface area (Å²) in [5.41, 5.74) is 1.70. The fourth-order valence-electron chi connectivity index (χ4n) is 2.98. The van der Waals surface area contributed by atoms with Crippen molar-refractivity contribution in [3.05, 3.63) is 53.6 Å². The van der Waals surface area contributed by atoms with E-state index in [0.717, 1.165) is 5.56 Å². The molecule has 2 rings (SSSR count). The van der Waals surface area contributed by atoms with Crippen LogP contribution in [0.15, 0.2) is 42.5 Å². The van der Waals surface area contributed by atoms with Gasteiger partial charge in [-0.3, -0.25) is 9.59 Å². The van der Waals surface area contributed by atoms with E-state index in [0.29, 0.717) is 18.7 Å². The van der Waals surface area contributed by atoms with E-state index in [1.165, 1.54) is 19.1 Å². The van der Waals surface area contributed by atoms with Gasteiger partial charge in [-0.25, -0.2) is 4.79 Å². The molecule has 0 saturated carbocycles. The summed E-state index contributed by atoms with van der Waals surface area (Å²) in [6.45, 7) is 3.49. The molecular weight excluding hydrogens is 400 g/mol. The number of anilines is 1. The predicted octanol–water partition coefficient (Wildman–Crippen LogP) is 3.05. The van der Waals surface area contributed by atoms with Gasteiger partial charge in [0.05, 0.1) is 20.8 Å². The molecule has 0 atom stereocenters. The van der Waals surface area contributed by atoms with Gasteiger partial charge in [0.2, 0.25) is 5.91 Å². The molecule has 2 aromatic rings.